The fraction of sp³-hybridized carbons (Fsp3) is 0.286. The van der Waals surface area contributed by atoms with Crippen LogP contribution in [0.1, 0.15) is 31.0 Å². The van der Waals surface area contributed by atoms with Crippen LogP contribution in [0.4, 0.5) is 10.7 Å². The van der Waals surface area contributed by atoms with E-state index in [0.29, 0.717) is 5.88 Å². The summed E-state index contributed by atoms with van der Waals surface area (Å²) in [7, 11) is 0. The Balaban J connectivity index is 1.92. The van der Waals surface area contributed by atoms with E-state index < -0.39 is 0 Å². The Hall–Kier alpha value is -2.30. The van der Waals surface area contributed by atoms with E-state index in [1.54, 1.807) is 6.07 Å². The van der Waals surface area contributed by atoms with Crippen molar-refractivity contribution in [1.29, 1.82) is 0 Å². The average Bonchev–Trinajstić information content (AvgIpc) is 2.91. The molecule has 19 heavy (non-hydrogen) atoms. The SMILES string of the molecule is CCc1ccc(C(C)NC(=O)Nc2ccno2)cc1. The van der Waals surface area contributed by atoms with Crippen LogP contribution in [0.3, 0.4) is 0 Å². The lowest BCUT2D eigenvalue weighted by molar-refractivity contribution is 0.248. The molecule has 1 aromatic heterocycles. The van der Waals surface area contributed by atoms with Crippen molar-refractivity contribution in [1.82, 2.24) is 10.5 Å². The summed E-state index contributed by atoms with van der Waals surface area (Å²) in [4.78, 5) is 11.7. The summed E-state index contributed by atoms with van der Waals surface area (Å²) in [6.45, 7) is 4.04. The summed E-state index contributed by atoms with van der Waals surface area (Å²) in [5, 5.41) is 8.91. The molecule has 2 aromatic rings. The maximum Gasteiger partial charge on any atom is 0.322 e. The van der Waals surface area contributed by atoms with Crippen LogP contribution in [0, 0.1) is 0 Å². The highest BCUT2D eigenvalue weighted by molar-refractivity contribution is 5.87. The Morgan fingerprint density at radius 1 is 1.32 bits per heavy atom. The number of carbonyl (C=O) groups is 1. The summed E-state index contributed by atoms with van der Waals surface area (Å²) >= 11 is 0. The molecule has 0 aliphatic rings. The topological polar surface area (TPSA) is 67.2 Å². The molecule has 0 spiro atoms. The highest BCUT2D eigenvalue weighted by Gasteiger charge is 2.10. The molecule has 1 aromatic carbocycles. The first-order chi connectivity index (χ1) is 9.19. The van der Waals surface area contributed by atoms with Gasteiger partial charge in [-0.1, -0.05) is 36.3 Å². The number of benzene rings is 1. The molecule has 0 bridgehead atoms. The Morgan fingerprint density at radius 3 is 2.63 bits per heavy atom. The molecule has 0 saturated heterocycles. The van der Waals surface area contributed by atoms with Crippen LogP contribution in [0.5, 0.6) is 0 Å². The fourth-order valence-electron chi connectivity index (χ4n) is 1.75. The van der Waals surface area contributed by atoms with Gasteiger partial charge in [0.05, 0.1) is 12.2 Å². The third kappa shape index (κ3) is 3.58. The van der Waals surface area contributed by atoms with E-state index in [1.807, 2.05) is 19.1 Å². The number of nitrogens with zero attached hydrogens (tertiary/aromatic N) is 1. The zero-order chi connectivity index (χ0) is 13.7. The fourth-order valence-corrected chi connectivity index (χ4v) is 1.75. The number of urea groups is 1. The minimum absolute atomic E-state index is 0.0752. The van der Waals surface area contributed by atoms with Gasteiger partial charge in [0.2, 0.25) is 5.88 Å². The zero-order valence-electron chi connectivity index (χ0n) is 11.0. The van der Waals surface area contributed by atoms with Gasteiger partial charge in [0.15, 0.2) is 0 Å². The first-order valence-electron chi connectivity index (χ1n) is 6.26. The number of aromatic nitrogens is 1. The second-order valence-corrected chi connectivity index (χ2v) is 4.29. The van der Waals surface area contributed by atoms with Gasteiger partial charge < -0.3 is 9.84 Å². The summed E-state index contributed by atoms with van der Waals surface area (Å²) in [6, 6.07) is 9.39. The zero-order valence-corrected chi connectivity index (χ0v) is 11.0. The van der Waals surface area contributed by atoms with Crippen LogP contribution in [0.15, 0.2) is 41.1 Å². The molecule has 5 heteroatoms. The van der Waals surface area contributed by atoms with Gasteiger partial charge in [-0.05, 0) is 24.5 Å². The van der Waals surface area contributed by atoms with E-state index in [-0.39, 0.29) is 12.1 Å². The summed E-state index contributed by atoms with van der Waals surface area (Å²) in [6.07, 6.45) is 2.48. The van der Waals surface area contributed by atoms with Crippen LogP contribution < -0.4 is 10.6 Å². The predicted molar refractivity (Wildman–Crippen MR) is 72.9 cm³/mol. The maximum absolute atomic E-state index is 11.7. The van der Waals surface area contributed by atoms with Crippen LogP contribution >= 0.6 is 0 Å². The second kappa shape index (κ2) is 6.04. The second-order valence-electron chi connectivity index (χ2n) is 4.29. The molecular weight excluding hydrogens is 242 g/mol. The van der Waals surface area contributed by atoms with E-state index >= 15 is 0 Å². The Morgan fingerprint density at radius 2 is 2.05 bits per heavy atom. The van der Waals surface area contributed by atoms with Gasteiger partial charge in [0, 0.05) is 6.07 Å². The minimum atomic E-state index is -0.316. The van der Waals surface area contributed by atoms with E-state index in [0.717, 1.165) is 12.0 Å². The predicted octanol–water partition coefficient (Wildman–Crippen LogP) is 3.12. The molecule has 100 valence electrons. The highest BCUT2D eigenvalue weighted by Crippen LogP contribution is 2.14. The molecule has 0 radical (unpaired) electrons. The smallest absolute Gasteiger partial charge is 0.322 e. The molecule has 1 atom stereocenters. The monoisotopic (exact) mass is 259 g/mol. The number of anilines is 1. The molecule has 0 saturated carbocycles. The quantitative estimate of drug-likeness (QED) is 0.886. The lowest BCUT2D eigenvalue weighted by Crippen LogP contribution is -2.31. The van der Waals surface area contributed by atoms with E-state index in [4.69, 9.17) is 4.52 Å². The number of amides is 2. The Bertz CT molecular complexity index is 520. The molecule has 0 fully saturated rings. The summed E-state index contributed by atoms with van der Waals surface area (Å²) in [5.41, 5.74) is 2.34. The Labute approximate surface area is 112 Å². The van der Waals surface area contributed by atoms with Crippen molar-refractivity contribution >= 4 is 11.9 Å². The number of rotatable bonds is 4. The molecule has 2 N–H and O–H groups in total. The van der Waals surface area contributed by atoms with Gasteiger partial charge in [-0.3, -0.25) is 5.32 Å². The molecule has 1 unspecified atom stereocenters. The van der Waals surface area contributed by atoms with Gasteiger partial charge in [0.1, 0.15) is 0 Å². The van der Waals surface area contributed by atoms with E-state index in [1.165, 1.54) is 11.8 Å². The van der Waals surface area contributed by atoms with Gasteiger partial charge in [-0.25, -0.2) is 4.79 Å². The molecule has 1 heterocycles. The molecule has 2 amide bonds. The number of hydrogen-bond donors (Lipinski definition) is 2. The largest absolute Gasteiger partial charge is 0.338 e. The number of nitrogens with one attached hydrogen (secondary N) is 2. The van der Waals surface area contributed by atoms with Crippen molar-refractivity contribution in [3.05, 3.63) is 47.7 Å². The van der Waals surface area contributed by atoms with Crippen molar-refractivity contribution < 1.29 is 9.32 Å². The van der Waals surface area contributed by atoms with E-state index in [2.05, 4.69) is 34.8 Å². The number of carbonyl (C=O) groups excluding carboxylic acids is 1. The molecule has 0 aliphatic heterocycles. The summed E-state index contributed by atoms with van der Waals surface area (Å²) < 4.78 is 4.80. The van der Waals surface area contributed by atoms with E-state index in [9.17, 15) is 4.79 Å². The average molecular weight is 259 g/mol. The van der Waals surface area contributed by atoms with Crippen molar-refractivity contribution in [2.24, 2.45) is 0 Å². The van der Waals surface area contributed by atoms with Gasteiger partial charge in [0.25, 0.3) is 0 Å². The summed E-state index contributed by atoms with van der Waals surface area (Å²) in [5.74, 6) is 0.325. The van der Waals surface area contributed by atoms with Crippen molar-refractivity contribution in [3.8, 4) is 0 Å². The molecule has 5 nitrogen and oxygen atoms in total. The maximum atomic E-state index is 11.7. The standard InChI is InChI=1S/C14H17N3O2/c1-3-11-4-6-12(7-5-11)10(2)16-14(18)17-13-8-9-15-19-13/h4-10H,3H2,1-2H3,(H2,16,17,18). The van der Waals surface area contributed by atoms with Gasteiger partial charge in [-0.2, -0.15) is 0 Å². The van der Waals surface area contributed by atoms with Gasteiger partial charge >= 0.3 is 6.03 Å². The lowest BCUT2D eigenvalue weighted by atomic mass is 10.1. The van der Waals surface area contributed by atoms with Crippen LogP contribution in [0.2, 0.25) is 0 Å². The molecule has 0 aliphatic carbocycles. The number of hydrogen-bond acceptors (Lipinski definition) is 3. The van der Waals surface area contributed by atoms with Crippen LogP contribution in [0.25, 0.3) is 0 Å². The minimum Gasteiger partial charge on any atom is -0.338 e. The number of aryl methyl sites for hydroxylation is 1. The first-order valence-corrected chi connectivity index (χ1v) is 6.26. The van der Waals surface area contributed by atoms with Crippen LogP contribution in [-0.4, -0.2) is 11.2 Å². The van der Waals surface area contributed by atoms with Crippen molar-refractivity contribution in [2.75, 3.05) is 5.32 Å². The Kier molecular flexibility index (Phi) is 4.18. The third-order valence-corrected chi connectivity index (χ3v) is 2.91. The highest BCUT2D eigenvalue weighted by atomic mass is 16.5. The molecule has 2 rings (SSSR count). The van der Waals surface area contributed by atoms with Crippen molar-refractivity contribution in [3.63, 3.8) is 0 Å². The van der Waals surface area contributed by atoms with Crippen LogP contribution in [-0.2, 0) is 6.42 Å². The first kappa shape index (κ1) is 13.1. The third-order valence-electron chi connectivity index (χ3n) is 2.91. The van der Waals surface area contributed by atoms with Gasteiger partial charge in [-0.15, -0.1) is 0 Å². The molecular formula is C14H17N3O2. The lowest BCUT2D eigenvalue weighted by Gasteiger charge is -2.14. The normalized spacial score (nSPS) is 11.9. The van der Waals surface area contributed by atoms with Crippen molar-refractivity contribution in [2.45, 2.75) is 26.3 Å².